The third-order valence-electron chi connectivity index (χ3n) is 2.21. The summed E-state index contributed by atoms with van der Waals surface area (Å²) in [4.78, 5) is 11.2. The molecule has 0 heterocycles. The van der Waals surface area contributed by atoms with Crippen molar-refractivity contribution in [2.24, 2.45) is 0 Å². The fraction of sp³-hybridized carbons (Fsp3) is 0.700. The molecule has 0 aliphatic carbocycles. The molecule has 1 N–H and O–H groups in total. The van der Waals surface area contributed by atoms with Crippen LogP contribution in [0.5, 0.6) is 0 Å². The third-order valence-corrected chi connectivity index (χ3v) is 4.98. The Balaban J connectivity index is 5.33. The van der Waals surface area contributed by atoms with Crippen molar-refractivity contribution in [3.63, 3.8) is 0 Å². The summed E-state index contributed by atoms with van der Waals surface area (Å²) in [5, 5.41) is 7.59. The third kappa shape index (κ3) is 2.94. The van der Waals surface area contributed by atoms with Crippen LogP contribution in [-0.2, 0) is 18.4 Å². The standard InChI is InChI=1S/C10H19O5P/c1-5-8-10(4,9(11)12)16(13,14-6-2)15-7-3/h5H,1,6-8H2,2-4H3,(H,11,12). The minimum Gasteiger partial charge on any atom is -0.480 e. The van der Waals surface area contributed by atoms with Gasteiger partial charge in [0.15, 0.2) is 5.16 Å². The van der Waals surface area contributed by atoms with Crippen LogP contribution in [0, 0.1) is 0 Å². The van der Waals surface area contributed by atoms with Crippen molar-refractivity contribution >= 4 is 13.6 Å². The van der Waals surface area contributed by atoms with Gasteiger partial charge in [0.2, 0.25) is 0 Å². The van der Waals surface area contributed by atoms with E-state index in [0.29, 0.717) is 0 Å². The number of carboxylic acid groups (broad SMARTS) is 1. The van der Waals surface area contributed by atoms with E-state index in [1.54, 1.807) is 13.8 Å². The lowest BCUT2D eigenvalue weighted by Gasteiger charge is -2.31. The van der Waals surface area contributed by atoms with Gasteiger partial charge in [0.25, 0.3) is 0 Å². The number of aliphatic carboxylic acids is 1. The van der Waals surface area contributed by atoms with Crippen molar-refractivity contribution in [3.8, 4) is 0 Å². The van der Waals surface area contributed by atoms with Crippen LogP contribution >= 0.6 is 7.60 Å². The van der Waals surface area contributed by atoms with Crippen LogP contribution in [0.2, 0.25) is 0 Å². The highest BCUT2D eigenvalue weighted by Gasteiger charge is 2.52. The Hall–Kier alpha value is -0.640. The molecule has 0 saturated heterocycles. The van der Waals surface area contributed by atoms with E-state index in [2.05, 4.69) is 6.58 Å². The molecule has 0 aliphatic heterocycles. The van der Waals surface area contributed by atoms with Gasteiger partial charge in [-0.25, -0.2) is 0 Å². The van der Waals surface area contributed by atoms with E-state index in [4.69, 9.17) is 9.05 Å². The molecule has 0 amide bonds. The first-order valence-electron chi connectivity index (χ1n) is 5.11. The molecule has 94 valence electrons. The highest BCUT2D eigenvalue weighted by atomic mass is 31.2. The quantitative estimate of drug-likeness (QED) is 0.529. The molecule has 16 heavy (non-hydrogen) atoms. The molecular formula is C10H19O5P. The molecule has 1 atom stereocenters. The van der Waals surface area contributed by atoms with Gasteiger partial charge in [-0.1, -0.05) is 6.08 Å². The molecule has 0 fully saturated rings. The molecule has 6 heteroatoms. The number of hydrogen-bond acceptors (Lipinski definition) is 4. The van der Waals surface area contributed by atoms with Crippen molar-refractivity contribution < 1.29 is 23.5 Å². The van der Waals surface area contributed by atoms with E-state index in [-0.39, 0.29) is 19.6 Å². The highest BCUT2D eigenvalue weighted by Crippen LogP contribution is 2.61. The van der Waals surface area contributed by atoms with E-state index in [0.717, 1.165) is 0 Å². The first-order chi connectivity index (χ1) is 7.38. The van der Waals surface area contributed by atoms with Crippen molar-refractivity contribution in [1.82, 2.24) is 0 Å². The minimum atomic E-state index is -3.68. The van der Waals surface area contributed by atoms with Crippen molar-refractivity contribution in [3.05, 3.63) is 12.7 Å². The lowest BCUT2D eigenvalue weighted by Crippen LogP contribution is -2.36. The minimum absolute atomic E-state index is 0.0274. The molecule has 0 aromatic rings. The molecule has 0 rings (SSSR count). The van der Waals surface area contributed by atoms with Crippen molar-refractivity contribution in [2.75, 3.05) is 13.2 Å². The fourth-order valence-electron chi connectivity index (χ4n) is 1.26. The van der Waals surface area contributed by atoms with E-state index >= 15 is 0 Å². The molecule has 0 spiro atoms. The molecular weight excluding hydrogens is 231 g/mol. The highest BCUT2D eigenvalue weighted by molar-refractivity contribution is 7.56. The van der Waals surface area contributed by atoms with Crippen LogP contribution in [-0.4, -0.2) is 29.4 Å². The Labute approximate surface area is 96.0 Å². The molecule has 1 unspecified atom stereocenters. The van der Waals surface area contributed by atoms with Crippen molar-refractivity contribution in [2.45, 2.75) is 32.3 Å². The van der Waals surface area contributed by atoms with Gasteiger partial charge in [-0.15, -0.1) is 6.58 Å². The Morgan fingerprint density at radius 1 is 1.44 bits per heavy atom. The first-order valence-corrected chi connectivity index (χ1v) is 6.65. The van der Waals surface area contributed by atoms with E-state index < -0.39 is 18.7 Å². The summed E-state index contributed by atoms with van der Waals surface area (Å²) in [5.41, 5.74) is 0. The zero-order valence-corrected chi connectivity index (χ0v) is 10.8. The predicted octanol–water partition coefficient (Wildman–Crippen LogP) is 2.67. The summed E-state index contributed by atoms with van der Waals surface area (Å²) in [6.07, 6.45) is 1.43. The summed E-state index contributed by atoms with van der Waals surface area (Å²) in [6, 6.07) is 0. The summed E-state index contributed by atoms with van der Waals surface area (Å²) >= 11 is 0. The fourth-order valence-corrected chi connectivity index (χ4v) is 3.17. The van der Waals surface area contributed by atoms with Gasteiger partial charge in [-0.3, -0.25) is 9.36 Å². The maximum atomic E-state index is 12.4. The molecule has 0 saturated carbocycles. The molecule has 0 aromatic carbocycles. The van der Waals surface area contributed by atoms with Crippen LogP contribution < -0.4 is 0 Å². The second kappa shape index (κ2) is 6.18. The number of rotatable bonds is 8. The number of carboxylic acids is 1. The van der Waals surface area contributed by atoms with Crippen LogP contribution in [0.4, 0.5) is 0 Å². The predicted molar refractivity (Wildman–Crippen MR) is 61.7 cm³/mol. The molecule has 5 nitrogen and oxygen atoms in total. The Morgan fingerprint density at radius 2 is 1.88 bits per heavy atom. The lowest BCUT2D eigenvalue weighted by atomic mass is 10.1. The summed E-state index contributed by atoms with van der Waals surface area (Å²) in [5.74, 6) is -1.21. The lowest BCUT2D eigenvalue weighted by molar-refractivity contribution is -0.140. The molecule has 0 radical (unpaired) electrons. The maximum Gasteiger partial charge on any atom is 0.347 e. The second-order valence-corrected chi connectivity index (χ2v) is 5.90. The number of hydrogen-bond donors (Lipinski definition) is 1. The summed E-state index contributed by atoms with van der Waals surface area (Å²) in [7, 11) is -3.68. The zero-order valence-electron chi connectivity index (χ0n) is 9.93. The number of allylic oxidation sites excluding steroid dienone is 1. The average molecular weight is 250 g/mol. The van der Waals surface area contributed by atoms with Crippen LogP contribution in [0.3, 0.4) is 0 Å². The maximum absolute atomic E-state index is 12.4. The van der Waals surface area contributed by atoms with Gasteiger partial charge in [-0.05, 0) is 27.2 Å². The van der Waals surface area contributed by atoms with E-state index in [1.807, 2.05) is 0 Å². The van der Waals surface area contributed by atoms with E-state index in [1.165, 1.54) is 13.0 Å². The van der Waals surface area contributed by atoms with Gasteiger partial charge in [0.05, 0.1) is 13.2 Å². The first kappa shape index (κ1) is 15.4. The molecule has 0 bridgehead atoms. The summed E-state index contributed by atoms with van der Waals surface area (Å²) in [6.45, 7) is 8.37. The van der Waals surface area contributed by atoms with Crippen LogP contribution in [0.15, 0.2) is 12.7 Å². The zero-order chi connectivity index (χ0) is 12.8. The van der Waals surface area contributed by atoms with Crippen molar-refractivity contribution in [1.29, 1.82) is 0 Å². The smallest absolute Gasteiger partial charge is 0.347 e. The monoisotopic (exact) mass is 250 g/mol. The van der Waals surface area contributed by atoms with Gasteiger partial charge >= 0.3 is 13.6 Å². The largest absolute Gasteiger partial charge is 0.480 e. The average Bonchev–Trinajstić information content (AvgIpc) is 2.18. The van der Waals surface area contributed by atoms with Gasteiger partial charge in [0.1, 0.15) is 0 Å². The molecule has 0 aromatic heterocycles. The van der Waals surface area contributed by atoms with Crippen LogP contribution in [0.25, 0.3) is 0 Å². The Morgan fingerprint density at radius 3 is 2.12 bits per heavy atom. The second-order valence-electron chi connectivity index (χ2n) is 3.40. The normalized spacial score (nSPS) is 15.4. The summed E-state index contributed by atoms with van der Waals surface area (Å²) < 4.78 is 22.5. The molecule has 0 aliphatic rings. The Kier molecular flexibility index (Phi) is 5.94. The topological polar surface area (TPSA) is 72.8 Å². The van der Waals surface area contributed by atoms with E-state index in [9.17, 15) is 14.5 Å². The SMILES string of the molecule is C=CCC(C)(C(=O)O)P(=O)(OCC)OCC. The van der Waals surface area contributed by atoms with Gasteiger partial charge < -0.3 is 14.2 Å². The van der Waals surface area contributed by atoms with Gasteiger partial charge in [0, 0.05) is 0 Å². The van der Waals surface area contributed by atoms with Gasteiger partial charge in [-0.2, -0.15) is 0 Å². The van der Waals surface area contributed by atoms with Crippen LogP contribution in [0.1, 0.15) is 27.2 Å². The Bertz CT molecular complexity index is 292. The number of carbonyl (C=O) groups is 1.